The lowest BCUT2D eigenvalue weighted by atomic mass is 9.93. The molecule has 15 heavy (non-hydrogen) atoms. The molecule has 0 saturated heterocycles. The summed E-state index contributed by atoms with van der Waals surface area (Å²) >= 11 is 0. The molecule has 0 aliphatic rings. The minimum atomic E-state index is -0.303. The first-order valence-corrected chi connectivity index (χ1v) is 4.96. The third-order valence-electron chi connectivity index (χ3n) is 1.60. The van der Waals surface area contributed by atoms with E-state index < -0.39 is 0 Å². The first kappa shape index (κ1) is 13.7. The zero-order chi connectivity index (χ0) is 11.9. The van der Waals surface area contributed by atoms with Crippen molar-refractivity contribution in [2.45, 2.75) is 20.8 Å². The van der Waals surface area contributed by atoms with Gasteiger partial charge in [-0.15, -0.1) is 0 Å². The number of allylic oxidation sites excluding steroid dienone is 1. The van der Waals surface area contributed by atoms with E-state index in [1.807, 2.05) is 33.9 Å². The molecule has 4 heteroatoms. The smallest absolute Gasteiger partial charge is 0.261 e. The molecule has 0 aromatic rings. The Balaban J connectivity index is 4.38. The van der Waals surface area contributed by atoms with Gasteiger partial charge in [-0.3, -0.25) is 4.79 Å². The lowest BCUT2D eigenvalue weighted by Crippen LogP contribution is -2.31. The predicted molar refractivity (Wildman–Crippen MR) is 60.1 cm³/mol. The number of nitriles is 1. The largest absolute Gasteiger partial charge is 0.350 e. The van der Waals surface area contributed by atoms with Gasteiger partial charge in [0.25, 0.3) is 5.91 Å². The van der Waals surface area contributed by atoms with Crippen LogP contribution in [0.4, 0.5) is 0 Å². The van der Waals surface area contributed by atoms with Crippen LogP contribution in [-0.4, -0.2) is 26.0 Å². The summed E-state index contributed by atoms with van der Waals surface area (Å²) < 4.78 is 0. The van der Waals surface area contributed by atoms with Crippen LogP contribution in [0.5, 0.6) is 0 Å². The molecule has 4 nitrogen and oxygen atoms in total. The molecule has 0 radical (unpaired) electrons. The molecule has 0 aliphatic carbocycles. The molecule has 0 bridgehead atoms. The normalized spacial score (nSPS) is 12.1. The number of rotatable bonds is 4. The highest BCUT2D eigenvalue weighted by Crippen LogP contribution is 2.17. The molecule has 0 aromatic carbocycles. The maximum absolute atomic E-state index is 11.5. The van der Waals surface area contributed by atoms with Crippen LogP contribution < -0.4 is 10.6 Å². The minimum absolute atomic E-state index is 0.161. The summed E-state index contributed by atoms with van der Waals surface area (Å²) in [5.41, 5.74) is 0.0180. The lowest BCUT2D eigenvalue weighted by molar-refractivity contribution is -0.117. The van der Waals surface area contributed by atoms with E-state index in [-0.39, 0.29) is 16.9 Å². The molecule has 0 fully saturated rings. The Kier molecular flexibility index (Phi) is 5.65. The number of carbonyl (C=O) groups is 1. The summed E-state index contributed by atoms with van der Waals surface area (Å²) in [7, 11) is 1.81. The Labute approximate surface area is 91.4 Å². The zero-order valence-corrected chi connectivity index (χ0v) is 9.85. The second-order valence-corrected chi connectivity index (χ2v) is 4.40. The molecule has 0 spiro atoms. The predicted octanol–water partition coefficient (Wildman–Crippen LogP) is 0.818. The summed E-state index contributed by atoms with van der Waals surface area (Å²) in [6, 6.07) is 1.91. The number of nitrogens with one attached hydrogen (secondary N) is 2. The summed E-state index contributed by atoms with van der Waals surface area (Å²) in [5, 5.41) is 14.4. The average Bonchev–Trinajstić information content (AvgIpc) is 2.13. The number of hydrogen-bond donors (Lipinski definition) is 2. The minimum Gasteiger partial charge on any atom is -0.350 e. The number of likely N-dealkylation sites (N-methyl/N-ethyl adjacent to an activating group) is 1. The van der Waals surface area contributed by atoms with Gasteiger partial charge in [-0.25, -0.2) is 0 Å². The number of hydrogen-bond acceptors (Lipinski definition) is 3. The molecule has 1 amide bonds. The highest BCUT2D eigenvalue weighted by molar-refractivity contribution is 5.97. The molecule has 2 N–H and O–H groups in total. The number of amides is 1. The highest BCUT2D eigenvalue weighted by atomic mass is 16.1. The Morgan fingerprint density at radius 1 is 1.40 bits per heavy atom. The third kappa shape index (κ3) is 6.69. The Morgan fingerprint density at radius 3 is 2.40 bits per heavy atom. The second-order valence-electron chi connectivity index (χ2n) is 4.40. The van der Waals surface area contributed by atoms with Gasteiger partial charge in [0, 0.05) is 13.1 Å². The van der Waals surface area contributed by atoms with Gasteiger partial charge in [0.15, 0.2) is 0 Å². The number of carbonyl (C=O) groups excluding carboxylic acids is 1. The highest BCUT2D eigenvalue weighted by Gasteiger charge is 2.13. The van der Waals surface area contributed by atoms with Crippen LogP contribution in [0.2, 0.25) is 0 Å². The second kappa shape index (κ2) is 6.20. The van der Waals surface area contributed by atoms with E-state index in [4.69, 9.17) is 5.26 Å². The van der Waals surface area contributed by atoms with Crippen LogP contribution in [0.25, 0.3) is 0 Å². The summed E-state index contributed by atoms with van der Waals surface area (Å²) in [5.74, 6) is -0.303. The van der Waals surface area contributed by atoms with Gasteiger partial charge in [-0.1, -0.05) is 26.8 Å². The van der Waals surface area contributed by atoms with Gasteiger partial charge < -0.3 is 10.6 Å². The van der Waals surface area contributed by atoms with E-state index in [0.717, 1.165) is 0 Å². The van der Waals surface area contributed by atoms with Gasteiger partial charge in [-0.05, 0) is 12.5 Å². The maximum atomic E-state index is 11.5. The standard InChI is InChI=1S/C11H19N3O/c1-11(2,3)7-9(8-12)10(15)14-6-5-13-4/h7,13H,5-6H2,1-4H3,(H,14,15)/b9-7+. The van der Waals surface area contributed by atoms with E-state index in [9.17, 15) is 4.79 Å². The molecular weight excluding hydrogens is 190 g/mol. The third-order valence-corrected chi connectivity index (χ3v) is 1.60. The Hall–Kier alpha value is -1.34. The first-order chi connectivity index (χ1) is 6.90. The van der Waals surface area contributed by atoms with Crippen LogP contribution in [-0.2, 0) is 4.79 Å². The van der Waals surface area contributed by atoms with Gasteiger partial charge in [-0.2, -0.15) is 5.26 Å². The fourth-order valence-electron chi connectivity index (χ4n) is 0.978. The lowest BCUT2D eigenvalue weighted by Gasteiger charge is -2.12. The van der Waals surface area contributed by atoms with Crippen LogP contribution in [0.15, 0.2) is 11.6 Å². The van der Waals surface area contributed by atoms with Crippen LogP contribution >= 0.6 is 0 Å². The van der Waals surface area contributed by atoms with Gasteiger partial charge >= 0.3 is 0 Å². The van der Waals surface area contributed by atoms with Crippen LogP contribution in [0, 0.1) is 16.7 Å². The zero-order valence-electron chi connectivity index (χ0n) is 9.85. The molecule has 0 saturated carbocycles. The number of nitrogens with zero attached hydrogens (tertiary/aromatic N) is 1. The SMILES string of the molecule is CNCCNC(=O)/C(C#N)=C/C(C)(C)C. The van der Waals surface area contributed by atoms with Crippen molar-refractivity contribution in [3.8, 4) is 6.07 Å². The van der Waals surface area contributed by atoms with E-state index in [1.165, 1.54) is 0 Å². The summed E-state index contributed by atoms with van der Waals surface area (Å²) in [4.78, 5) is 11.5. The maximum Gasteiger partial charge on any atom is 0.261 e. The van der Waals surface area contributed by atoms with Crippen molar-refractivity contribution < 1.29 is 4.79 Å². The quantitative estimate of drug-likeness (QED) is 0.409. The van der Waals surface area contributed by atoms with Crippen LogP contribution in [0.1, 0.15) is 20.8 Å². The fraction of sp³-hybridized carbons (Fsp3) is 0.636. The summed E-state index contributed by atoms with van der Waals surface area (Å²) in [6.45, 7) is 7.07. The van der Waals surface area contributed by atoms with Crippen molar-refractivity contribution in [1.82, 2.24) is 10.6 Å². The fourth-order valence-corrected chi connectivity index (χ4v) is 0.978. The topological polar surface area (TPSA) is 64.9 Å². The Bertz CT molecular complexity index is 281. The van der Waals surface area contributed by atoms with Gasteiger partial charge in [0.05, 0.1) is 0 Å². The van der Waals surface area contributed by atoms with Crippen molar-refractivity contribution in [1.29, 1.82) is 5.26 Å². The molecular formula is C11H19N3O. The van der Waals surface area contributed by atoms with Crippen molar-refractivity contribution in [3.63, 3.8) is 0 Å². The Morgan fingerprint density at radius 2 is 2.00 bits per heavy atom. The van der Waals surface area contributed by atoms with E-state index in [1.54, 1.807) is 6.08 Å². The molecule has 0 aliphatic heterocycles. The van der Waals surface area contributed by atoms with E-state index >= 15 is 0 Å². The molecule has 0 atom stereocenters. The van der Waals surface area contributed by atoms with E-state index in [0.29, 0.717) is 13.1 Å². The molecule has 0 heterocycles. The van der Waals surface area contributed by atoms with Crippen molar-refractivity contribution in [2.75, 3.05) is 20.1 Å². The van der Waals surface area contributed by atoms with Crippen molar-refractivity contribution in [3.05, 3.63) is 11.6 Å². The van der Waals surface area contributed by atoms with Gasteiger partial charge in [0.1, 0.15) is 11.6 Å². The monoisotopic (exact) mass is 209 g/mol. The molecule has 0 aromatic heterocycles. The van der Waals surface area contributed by atoms with Crippen LogP contribution in [0.3, 0.4) is 0 Å². The molecule has 0 unspecified atom stereocenters. The van der Waals surface area contributed by atoms with Gasteiger partial charge in [0.2, 0.25) is 0 Å². The first-order valence-electron chi connectivity index (χ1n) is 4.96. The molecule has 84 valence electrons. The van der Waals surface area contributed by atoms with E-state index in [2.05, 4.69) is 10.6 Å². The van der Waals surface area contributed by atoms with Crippen molar-refractivity contribution in [2.24, 2.45) is 5.41 Å². The van der Waals surface area contributed by atoms with Crippen molar-refractivity contribution >= 4 is 5.91 Å². The molecule has 0 rings (SSSR count). The summed E-state index contributed by atoms with van der Waals surface area (Å²) in [6.07, 6.45) is 1.68. The average molecular weight is 209 g/mol.